The van der Waals surface area contributed by atoms with Crippen LogP contribution in [0.15, 0.2) is 0 Å². The van der Waals surface area contributed by atoms with Crippen molar-refractivity contribution in [3.8, 4) is 0 Å². The van der Waals surface area contributed by atoms with E-state index in [0.717, 1.165) is 0 Å². The number of hydrogen-bond donors (Lipinski definition) is 3. The van der Waals surface area contributed by atoms with E-state index >= 15 is 0 Å². The van der Waals surface area contributed by atoms with E-state index in [0.29, 0.717) is 0 Å². The Balaban J connectivity index is 2.58. The van der Waals surface area contributed by atoms with Crippen LogP contribution in [0.25, 0.3) is 0 Å². The first-order valence-corrected chi connectivity index (χ1v) is 3.25. The van der Waals surface area contributed by atoms with E-state index in [2.05, 4.69) is 19.9 Å². The van der Waals surface area contributed by atoms with Crippen molar-refractivity contribution in [3.63, 3.8) is 0 Å². The molecule has 1 saturated heterocycles. The van der Waals surface area contributed by atoms with Crippen molar-refractivity contribution in [2.45, 2.75) is 0 Å². The summed E-state index contributed by atoms with van der Waals surface area (Å²) >= 11 is 0. The van der Waals surface area contributed by atoms with E-state index in [1.807, 2.05) is 0 Å². The van der Waals surface area contributed by atoms with Crippen LogP contribution in [-0.4, -0.2) is 9.79 Å². The molecule has 7 heavy (non-hydrogen) atoms. The van der Waals surface area contributed by atoms with Crippen molar-refractivity contribution in [3.05, 3.63) is 0 Å². The van der Waals surface area contributed by atoms with Crippen LogP contribution in [0.5, 0.6) is 0 Å². The minimum atomic E-state index is -4.55. The van der Waals surface area contributed by atoms with Crippen molar-refractivity contribution in [1.29, 1.82) is 0 Å². The first kappa shape index (κ1) is 5.33. The van der Waals surface area contributed by atoms with Crippen LogP contribution in [-0.2, 0) is 14.0 Å². The third-order valence-electron chi connectivity index (χ3n) is 0.449. The van der Waals surface area contributed by atoms with E-state index in [-0.39, 0.29) is 0 Å². The Morgan fingerprint density at radius 2 is 1.86 bits per heavy atom. The van der Waals surface area contributed by atoms with Crippen molar-refractivity contribution in [2.24, 2.45) is 5.90 Å². The Kier molecular flexibility index (Phi) is 0.730. The molecule has 0 bridgehead atoms. The second kappa shape index (κ2) is 0.958. The van der Waals surface area contributed by atoms with Gasteiger partial charge in [-0.15, -0.1) is 0 Å². The van der Waals surface area contributed by atoms with Crippen LogP contribution in [0.1, 0.15) is 0 Å². The van der Waals surface area contributed by atoms with Crippen LogP contribution in [0.4, 0.5) is 0 Å². The average Bonchev–Trinajstić information content (AvgIpc) is 2.20. The van der Waals surface area contributed by atoms with Gasteiger partial charge in [-0.25, -0.2) is 0 Å². The van der Waals surface area contributed by atoms with E-state index in [4.69, 9.17) is 9.79 Å². The van der Waals surface area contributed by atoms with Crippen molar-refractivity contribution >= 4 is 7.74 Å². The van der Waals surface area contributed by atoms with Gasteiger partial charge in [0.2, 0.25) is 0 Å². The zero-order valence-electron chi connectivity index (χ0n) is 3.14. The van der Waals surface area contributed by atoms with Gasteiger partial charge in [0, 0.05) is 0 Å². The topological polar surface area (TPSA) is 101 Å². The fourth-order valence-corrected chi connectivity index (χ4v) is 0.496. The molecular formula is H4NO5P. The van der Waals surface area contributed by atoms with Gasteiger partial charge >= 0.3 is 37.4 Å². The number of rotatable bonds is 1. The summed E-state index contributed by atoms with van der Waals surface area (Å²) in [4.78, 5) is 16.6. The Morgan fingerprint density at radius 3 is 1.86 bits per heavy atom. The monoisotopic (exact) mass is 129 g/mol. The van der Waals surface area contributed by atoms with E-state index in [1.54, 1.807) is 0 Å². The molecule has 0 aromatic rings. The molecule has 44 valence electrons. The standard InChI is InChI=1S/H4NO5P/c1-4-7(2,3)5-6-7/h2-3H,1H2. The van der Waals surface area contributed by atoms with Gasteiger partial charge in [0.15, 0.2) is 0 Å². The Bertz CT molecular complexity index is 90.3. The van der Waals surface area contributed by atoms with Gasteiger partial charge in [-0.1, -0.05) is 0 Å². The molecule has 4 N–H and O–H groups in total. The molecule has 1 aliphatic heterocycles. The van der Waals surface area contributed by atoms with Crippen molar-refractivity contribution in [1.82, 2.24) is 0 Å². The molecule has 1 rings (SSSR count). The predicted molar refractivity (Wildman–Crippen MR) is 18.8 cm³/mol. The summed E-state index contributed by atoms with van der Waals surface area (Å²) in [5, 5.41) is 0. The van der Waals surface area contributed by atoms with Gasteiger partial charge in [-0.05, 0) is 0 Å². The second-order valence-corrected chi connectivity index (χ2v) is 3.17. The van der Waals surface area contributed by atoms with Crippen LogP contribution >= 0.6 is 7.74 Å². The molecule has 0 spiro atoms. The first-order valence-electron chi connectivity index (χ1n) is 1.35. The van der Waals surface area contributed by atoms with E-state index < -0.39 is 7.74 Å². The van der Waals surface area contributed by atoms with Gasteiger partial charge in [-0.2, -0.15) is 0 Å². The Morgan fingerprint density at radius 1 is 1.43 bits per heavy atom. The molecule has 7 heteroatoms. The van der Waals surface area contributed by atoms with Gasteiger partial charge in [0.1, 0.15) is 0 Å². The summed E-state index contributed by atoms with van der Waals surface area (Å²) in [6.45, 7) is 0. The zero-order chi connectivity index (χ0) is 5.57. The van der Waals surface area contributed by atoms with Crippen LogP contribution in [0, 0.1) is 0 Å². The molecule has 0 atom stereocenters. The molecule has 1 aliphatic rings. The van der Waals surface area contributed by atoms with E-state index in [9.17, 15) is 0 Å². The first-order chi connectivity index (χ1) is 3.05. The predicted octanol–water partition coefficient (Wildman–Crippen LogP) is -1.05. The maximum atomic E-state index is 8.30. The van der Waals surface area contributed by atoms with Crippen LogP contribution in [0.3, 0.4) is 0 Å². The molecule has 0 amide bonds. The number of hydrogen-bond acceptors (Lipinski definition) is 6. The Labute approximate surface area is 38.6 Å². The minimum absolute atomic E-state index is 3.53. The van der Waals surface area contributed by atoms with Gasteiger partial charge < -0.3 is 0 Å². The molecule has 1 heterocycles. The zero-order valence-corrected chi connectivity index (χ0v) is 4.04. The quantitative estimate of drug-likeness (QED) is 0.181. The van der Waals surface area contributed by atoms with Crippen LogP contribution in [0.2, 0.25) is 0 Å². The third kappa shape index (κ3) is 0.868. The average molecular weight is 129 g/mol. The van der Waals surface area contributed by atoms with Crippen LogP contribution < -0.4 is 5.90 Å². The molecule has 0 saturated carbocycles. The molecule has 6 nitrogen and oxygen atoms in total. The van der Waals surface area contributed by atoms with Crippen molar-refractivity contribution in [2.75, 3.05) is 0 Å². The molecule has 0 radical (unpaired) electrons. The Hall–Kier alpha value is 0.190. The number of nitrogens with two attached hydrogens (primary N) is 1. The molecule has 0 aromatic heterocycles. The summed E-state index contributed by atoms with van der Waals surface area (Å²) in [6, 6.07) is 0. The molecule has 1 fully saturated rings. The van der Waals surface area contributed by atoms with Gasteiger partial charge in [-0.3, -0.25) is 0 Å². The molecular weight excluding hydrogens is 125 g/mol. The summed E-state index contributed by atoms with van der Waals surface area (Å²) in [7, 11) is -4.55. The molecule has 0 aliphatic carbocycles. The molecule has 0 aromatic carbocycles. The van der Waals surface area contributed by atoms with Gasteiger partial charge in [0.25, 0.3) is 0 Å². The fourth-order valence-electron chi connectivity index (χ4n) is 0.0786. The normalized spacial score (nSPS) is 38.4. The summed E-state index contributed by atoms with van der Waals surface area (Å²) < 4.78 is 10.8. The van der Waals surface area contributed by atoms with Gasteiger partial charge in [0.05, 0.1) is 0 Å². The maximum absolute atomic E-state index is 8.30. The second-order valence-electron chi connectivity index (χ2n) is 1.06. The summed E-state index contributed by atoms with van der Waals surface area (Å²) in [6.07, 6.45) is 0. The summed E-state index contributed by atoms with van der Waals surface area (Å²) in [5.41, 5.74) is 0. The SMILES string of the molecule is NOP1(O)(O)OO1. The molecule has 0 unspecified atom stereocenters. The third-order valence-corrected chi connectivity index (χ3v) is 1.35. The summed E-state index contributed by atoms with van der Waals surface area (Å²) in [5.74, 6) is 4.31. The van der Waals surface area contributed by atoms with Crippen molar-refractivity contribution < 1.29 is 23.8 Å². The fraction of sp³-hybridized carbons (Fsp3) is 0. The van der Waals surface area contributed by atoms with E-state index in [1.165, 1.54) is 0 Å².